The maximum Gasteiger partial charge on any atom is 0.335 e. The van der Waals surface area contributed by atoms with Crippen LogP contribution in [0, 0.1) is 18.6 Å². The third kappa shape index (κ3) is 5.07. The summed E-state index contributed by atoms with van der Waals surface area (Å²) < 4.78 is 32.3. The second-order valence-corrected chi connectivity index (χ2v) is 6.40. The second-order valence-electron chi connectivity index (χ2n) is 6.40. The fraction of sp³-hybridized carbons (Fsp3) is 0.136. The molecule has 6 heteroatoms. The number of nitrogens with one attached hydrogen (secondary N) is 1. The predicted molar refractivity (Wildman–Crippen MR) is 103 cm³/mol. The summed E-state index contributed by atoms with van der Waals surface area (Å²) in [6.45, 7) is 2.65. The van der Waals surface area contributed by atoms with Gasteiger partial charge in [-0.05, 0) is 60.0 Å². The van der Waals surface area contributed by atoms with Crippen LogP contribution in [-0.2, 0) is 13.2 Å². The van der Waals surface area contributed by atoms with Crippen LogP contribution in [0.15, 0.2) is 60.7 Å². The van der Waals surface area contributed by atoms with Crippen LogP contribution in [0.25, 0.3) is 0 Å². The molecule has 3 aromatic rings. The molecule has 0 atom stereocenters. The molecule has 0 spiro atoms. The molecule has 0 saturated heterocycles. The summed E-state index contributed by atoms with van der Waals surface area (Å²) in [6, 6.07) is 15.4. The van der Waals surface area contributed by atoms with E-state index in [0.29, 0.717) is 24.6 Å². The number of ether oxygens (including phenoxy) is 1. The van der Waals surface area contributed by atoms with Crippen LogP contribution in [-0.4, -0.2) is 11.1 Å². The number of carbonyl (C=O) groups is 1. The first-order valence-electron chi connectivity index (χ1n) is 8.65. The molecular weight excluding hydrogens is 364 g/mol. The molecule has 0 saturated carbocycles. The lowest BCUT2D eigenvalue weighted by molar-refractivity contribution is 0.0696. The normalized spacial score (nSPS) is 10.5. The summed E-state index contributed by atoms with van der Waals surface area (Å²) in [6.07, 6.45) is 0. The van der Waals surface area contributed by atoms with Crippen molar-refractivity contribution in [1.29, 1.82) is 0 Å². The average molecular weight is 383 g/mol. The van der Waals surface area contributed by atoms with Gasteiger partial charge in [0.15, 0.2) is 0 Å². The Morgan fingerprint density at radius 2 is 1.68 bits per heavy atom. The van der Waals surface area contributed by atoms with Gasteiger partial charge in [-0.3, -0.25) is 0 Å². The highest BCUT2D eigenvalue weighted by atomic mass is 19.1. The van der Waals surface area contributed by atoms with Crippen molar-refractivity contribution < 1.29 is 23.4 Å². The summed E-state index contributed by atoms with van der Waals surface area (Å²) in [4.78, 5) is 11.0. The van der Waals surface area contributed by atoms with Gasteiger partial charge >= 0.3 is 5.97 Å². The summed E-state index contributed by atoms with van der Waals surface area (Å²) in [5.41, 5.74) is 3.02. The molecule has 0 unspecified atom stereocenters. The van der Waals surface area contributed by atoms with Crippen molar-refractivity contribution in [2.75, 3.05) is 5.32 Å². The fourth-order valence-corrected chi connectivity index (χ4v) is 2.74. The molecule has 0 aromatic heterocycles. The minimum absolute atomic E-state index is 0.108. The van der Waals surface area contributed by atoms with Gasteiger partial charge in [-0.1, -0.05) is 24.3 Å². The lowest BCUT2D eigenvalue weighted by Crippen LogP contribution is -2.04. The van der Waals surface area contributed by atoms with E-state index in [1.807, 2.05) is 25.1 Å². The monoisotopic (exact) mass is 383 g/mol. The fourth-order valence-electron chi connectivity index (χ4n) is 2.74. The van der Waals surface area contributed by atoms with Crippen LogP contribution >= 0.6 is 0 Å². The standard InChI is InChI=1S/C22H19F2NO3/c1-14-8-16(12-25-20-10-17(22(26)27)9-19(24)11-20)4-7-21(14)28-13-15-2-5-18(23)6-3-15/h2-11,25H,12-13H2,1H3,(H,26,27). The number of benzene rings is 3. The minimum atomic E-state index is -1.18. The molecule has 3 aromatic carbocycles. The van der Waals surface area contributed by atoms with Crippen molar-refractivity contribution in [3.8, 4) is 5.75 Å². The molecule has 0 aliphatic heterocycles. The largest absolute Gasteiger partial charge is 0.489 e. The molecule has 0 aliphatic rings. The second kappa shape index (κ2) is 8.52. The Balaban J connectivity index is 1.62. The highest BCUT2D eigenvalue weighted by molar-refractivity contribution is 5.88. The van der Waals surface area contributed by atoms with E-state index in [0.717, 1.165) is 22.8 Å². The number of carboxylic acid groups (broad SMARTS) is 1. The van der Waals surface area contributed by atoms with Crippen molar-refractivity contribution >= 4 is 11.7 Å². The van der Waals surface area contributed by atoms with E-state index in [-0.39, 0.29) is 11.4 Å². The number of halogens is 2. The van der Waals surface area contributed by atoms with Gasteiger partial charge in [-0.25, -0.2) is 13.6 Å². The molecule has 0 bridgehead atoms. The van der Waals surface area contributed by atoms with Crippen LogP contribution in [0.2, 0.25) is 0 Å². The molecule has 144 valence electrons. The van der Waals surface area contributed by atoms with Crippen molar-refractivity contribution in [3.05, 3.63) is 94.6 Å². The van der Waals surface area contributed by atoms with Gasteiger partial charge in [0.1, 0.15) is 24.0 Å². The Bertz CT molecular complexity index is 988. The molecule has 0 heterocycles. The zero-order valence-electron chi connectivity index (χ0n) is 15.2. The first-order valence-corrected chi connectivity index (χ1v) is 8.65. The van der Waals surface area contributed by atoms with Crippen molar-refractivity contribution in [2.24, 2.45) is 0 Å². The van der Waals surface area contributed by atoms with E-state index >= 15 is 0 Å². The zero-order chi connectivity index (χ0) is 20.1. The molecule has 4 nitrogen and oxygen atoms in total. The van der Waals surface area contributed by atoms with Crippen LogP contribution in [0.3, 0.4) is 0 Å². The van der Waals surface area contributed by atoms with Crippen molar-refractivity contribution in [3.63, 3.8) is 0 Å². The Labute approximate surface area is 161 Å². The first kappa shape index (κ1) is 19.4. The molecule has 0 radical (unpaired) electrons. The third-order valence-electron chi connectivity index (χ3n) is 4.19. The lowest BCUT2D eigenvalue weighted by atomic mass is 10.1. The minimum Gasteiger partial charge on any atom is -0.489 e. The van der Waals surface area contributed by atoms with E-state index < -0.39 is 11.8 Å². The Kier molecular flexibility index (Phi) is 5.89. The SMILES string of the molecule is Cc1cc(CNc2cc(F)cc(C(=O)O)c2)ccc1OCc1ccc(F)cc1. The van der Waals surface area contributed by atoms with Gasteiger partial charge in [0.05, 0.1) is 5.56 Å². The number of aryl methyl sites for hydroxylation is 1. The number of anilines is 1. The molecule has 28 heavy (non-hydrogen) atoms. The van der Waals surface area contributed by atoms with Gasteiger partial charge in [-0.15, -0.1) is 0 Å². The molecule has 2 N–H and O–H groups in total. The van der Waals surface area contributed by atoms with Gasteiger partial charge in [-0.2, -0.15) is 0 Å². The molecular formula is C22H19F2NO3. The Morgan fingerprint density at radius 3 is 2.36 bits per heavy atom. The van der Waals surface area contributed by atoms with E-state index in [2.05, 4.69) is 5.32 Å². The van der Waals surface area contributed by atoms with Crippen molar-refractivity contribution in [2.45, 2.75) is 20.1 Å². The molecule has 0 aliphatic carbocycles. The van der Waals surface area contributed by atoms with Gasteiger partial charge in [0.25, 0.3) is 0 Å². The number of rotatable bonds is 7. The predicted octanol–water partition coefficient (Wildman–Crippen LogP) is 5.16. The van der Waals surface area contributed by atoms with E-state index in [4.69, 9.17) is 9.84 Å². The highest BCUT2D eigenvalue weighted by Crippen LogP contribution is 2.22. The Morgan fingerprint density at radius 1 is 0.964 bits per heavy atom. The summed E-state index contributed by atoms with van der Waals surface area (Å²) >= 11 is 0. The highest BCUT2D eigenvalue weighted by Gasteiger charge is 2.08. The smallest absolute Gasteiger partial charge is 0.335 e. The number of carboxylic acids is 1. The van der Waals surface area contributed by atoms with Crippen LogP contribution in [0.5, 0.6) is 5.75 Å². The first-order chi connectivity index (χ1) is 13.4. The van der Waals surface area contributed by atoms with E-state index in [1.165, 1.54) is 24.3 Å². The maximum atomic E-state index is 13.5. The van der Waals surface area contributed by atoms with Gasteiger partial charge < -0.3 is 15.2 Å². The lowest BCUT2D eigenvalue weighted by Gasteiger charge is -2.12. The number of hydrogen-bond acceptors (Lipinski definition) is 3. The summed E-state index contributed by atoms with van der Waals surface area (Å²) in [7, 11) is 0. The zero-order valence-corrected chi connectivity index (χ0v) is 15.2. The summed E-state index contributed by atoms with van der Waals surface area (Å²) in [5, 5.41) is 12.0. The van der Waals surface area contributed by atoms with Gasteiger partial charge in [0.2, 0.25) is 0 Å². The Hall–Kier alpha value is -3.41. The third-order valence-corrected chi connectivity index (χ3v) is 4.19. The van der Waals surface area contributed by atoms with Crippen LogP contribution in [0.1, 0.15) is 27.0 Å². The molecule has 3 rings (SSSR count). The molecule has 0 fully saturated rings. The van der Waals surface area contributed by atoms with Gasteiger partial charge in [0, 0.05) is 12.2 Å². The quantitative estimate of drug-likeness (QED) is 0.592. The van der Waals surface area contributed by atoms with Crippen LogP contribution in [0.4, 0.5) is 14.5 Å². The summed E-state index contributed by atoms with van der Waals surface area (Å²) in [5.74, 6) is -1.36. The van der Waals surface area contributed by atoms with E-state index in [9.17, 15) is 13.6 Å². The number of aromatic carboxylic acids is 1. The maximum absolute atomic E-state index is 13.5. The number of hydrogen-bond donors (Lipinski definition) is 2. The average Bonchev–Trinajstić information content (AvgIpc) is 2.66. The topological polar surface area (TPSA) is 58.6 Å². The van der Waals surface area contributed by atoms with Crippen LogP contribution < -0.4 is 10.1 Å². The molecule has 0 amide bonds. The van der Waals surface area contributed by atoms with Crippen molar-refractivity contribution in [1.82, 2.24) is 0 Å². The van der Waals surface area contributed by atoms with E-state index in [1.54, 1.807) is 12.1 Å².